The average molecular weight is 437 g/mol. The Morgan fingerprint density at radius 3 is 2.52 bits per heavy atom. The second-order valence-corrected chi connectivity index (χ2v) is 9.68. The monoisotopic (exact) mass is 436 g/mol. The van der Waals surface area contributed by atoms with Crippen molar-refractivity contribution in [1.29, 1.82) is 0 Å². The van der Waals surface area contributed by atoms with E-state index in [0.717, 1.165) is 61.0 Å². The standard InChI is InChI=1S/C31H30NO/c1-18(2)20-15-16-32(6)26(17-20)27-19(3)11-12-23-24-14-13-22-21-9-7-8-10-25(21)31(4,5)28(22)30(24)33-29(23)27/h7-18H,1-6H3/q+1/i4D3,18D. The maximum absolute atomic E-state index is 8.59. The summed E-state index contributed by atoms with van der Waals surface area (Å²) in [6.07, 6.45) is 1.99. The lowest BCUT2D eigenvalue weighted by Crippen LogP contribution is -2.31. The lowest BCUT2D eigenvalue weighted by molar-refractivity contribution is -0.660. The molecule has 0 fully saturated rings. The van der Waals surface area contributed by atoms with E-state index in [9.17, 15) is 0 Å². The molecule has 1 atom stereocenters. The van der Waals surface area contributed by atoms with Gasteiger partial charge in [0.15, 0.2) is 6.20 Å². The van der Waals surface area contributed by atoms with Crippen molar-refractivity contribution in [1.82, 2.24) is 0 Å². The SMILES string of the molecule is [2H]C(C)(C)c1cc[n+](C)c(-c2c(C)ccc3c2oc2c4c(ccc23)-c2ccccc2C4(C)C([2H])([2H])[2H])c1. The summed E-state index contributed by atoms with van der Waals surface area (Å²) in [5.41, 5.74) is 7.48. The molecule has 2 heteroatoms. The number of fused-ring (bicyclic) bond motifs is 7. The molecule has 164 valence electrons. The van der Waals surface area contributed by atoms with Crippen molar-refractivity contribution >= 4 is 21.9 Å². The molecule has 1 unspecified atom stereocenters. The Labute approximate surface area is 201 Å². The fraction of sp³-hybridized carbons (Fsp3) is 0.258. The summed E-state index contributed by atoms with van der Waals surface area (Å²) < 4.78 is 43.1. The molecule has 3 aromatic carbocycles. The van der Waals surface area contributed by atoms with Gasteiger partial charge >= 0.3 is 0 Å². The minimum atomic E-state index is -2.26. The van der Waals surface area contributed by atoms with Crippen LogP contribution in [0, 0.1) is 6.92 Å². The molecule has 1 aliphatic carbocycles. The van der Waals surface area contributed by atoms with Gasteiger partial charge in [0.05, 0.1) is 5.56 Å². The fourth-order valence-electron chi connectivity index (χ4n) is 5.46. The molecular formula is C31H30NO+. The van der Waals surface area contributed by atoms with Crippen molar-refractivity contribution in [3.8, 4) is 22.4 Å². The van der Waals surface area contributed by atoms with E-state index < -0.39 is 18.2 Å². The van der Waals surface area contributed by atoms with Gasteiger partial charge in [-0.05, 0) is 46.7 Å². The van der Waals surface area contributed by atoms with Gasteiger partial charge in [-0.2, -0.15) is 0 Å². The van der Waals surface area contributed by atoms with Crippen molar-refractivity contribution in [2.45, 2.75) is 45.9 Å². The van der Waals surface area contributed by atoms with E-state index in [4.69, 9.17) is 9.90 Å². The van der Waals surface area contributed by atoms with Gasteiger partial charge in [0.25, 0.3) is 0 Å². The Hall–Kier alpha value is -3.39. The number of pyridine rings is 1. The minimum absolute atomic E-state index is 0.633. The molecular weight excluding hydrogens is 402 g/mol. The van der Waals surface area contributed by atoms with E-state index in [1.165, 1.54) is 0 Å². The van der Waals surface area contributed by atoms with Crippen molar-refractivity contribution in [2.75, 3.05) is 0 Å². The first-order chi connectivity index (χ1) is 17.3. The molecule has 2 heterocycles. The molecule has 2 nitrogen and oxygen atoms in total. The molecule has 0 radical (unpaired) electrons. The first-order valence-electron chi connectivity index (χ1n) is 13.4. The highest BCUT2D eigenvalue weighted by atomic mass is 16.3. The van der Waals surface area contributed by atoms with Crippen LogP contribution in [0.25, 0.3) is 44.3 Å². The highest BCUT2D eigenvalue weighted by Gasteiger charge is 2.38. The van der Waals surface area contributed by atoms with Crippen LogP contribution in [-0.2, 0) is 12.5 Å². The predicted octanol–water partition coefficient (Wildman–Crippen LogP) is 7.82. The number of furan rings is 1. The third kappa shape index (κ3) is 2.70. The number of nitrogens with zero attached hydrogens (tertiary/aromatic N) is 1. The summed E-state index contributed by atoms with van der Waals surface area (Å²) >= 11 is 0. The van der Waals surface area contributed by atoms with Gasteiger partial charge in [-0.1, -0.05) is 70.1 Å². The van der Waals surface area contributed by atoms with Gasteiger partial charge in [-0.15, -0.1) is 0 Å². The Morgan fingerprint density at radius 2 is 1.73 bits per heavy atom. The van der Waals surface area contributed by atoms with Crippen LogP contribution in [0.15, 0.2) is 71.3 Å². The van der Waals surface area contributed by atoms with Crippen LogP contribution in [0.4, 0.5) is 0 Å². The first kappa shape index (κ1) is 16.3. The average Bonchev–Trinajstić information content (AvgIpc) is 3.33. The zero-order valence-corrected chi connectivity index (χ0v) is 19.7. The van der Waals surface area contributed by atoms with Gasteiger partial charge in [0.1, 0.15) is 18.2 Å². The number of rotatable bonds is 2. The summed E-state index contributed by atoms with van der Waals surface area (Å²) in [4.78, 5) is 0. The first-order valence-corrected chi connectivity index (χ1v) is 11.4. The fourth-order valence-corrected chi connectivity index (χ4v) is 5.46. The smallest absolute Gasteiger partial charge is 0.216 e. The van der Waals surface area contributed by atoms with Crippen LogP contribution in [0.1, 0.15) is 61.3 Å². The maximum Gasteiger partial charge on any atom is 0.216 e. The summed E-state index contributed by atoms with van der Waals surface area (Å²) in [5, 5.41) is 1.87. The minimum Gasteiger partial charge on any atom is -0.455 e. The number of hydrogen-bond acceptors (Lipinski definition) is 1. The van der Waals surface area contributed by atoms with Crippen molar-refractivity contribution in [3.63, 3.8) is 0 Å². The van der Waals surface area contributed by atoms with Crippen LogP contribution >= 0.6 is 0 Å². The molecule has 0 bridgehead atoms. The lowest BCUT2D eigenvalue weighted by atomic mass is 9.82. The van der Waals surface area contributed by atoms with Crippen LogP contribution in [0.3, 0.4) is 0 Å². The summed E-state index contributed by atoms with van der Waals surface area (Å²) in [6.45, 7) is 5.39. The largest absolute Gasteiger partial charge is 0.455 e. The van der Waals surface area contributed by atoms with E-state index >= 15 is 0 Å². The van der Waals surface area contributed by atoms with Crippen LogP contribution < -0.4 is 4.57 Å². The normalized spacial score (nSPS) is 19.7. The van der Waals surface area contributed by atoms with E-state index in [0.29, 0.717) is 5.58 Å². The molecule has 0 aliphatic heterocycles. The summed E-state index contributed by atoms with van der Waals surface area (Å²) in [7, 11) is 2.00. The zero-order chi connectivity index (χ0) is 26.5. The topological polar surface area (TPSA) is 17.0 Å². The van der Waals surface area contributed by atoms with Crippen molar-refractivity contribution in [2.24, 2.45) is 7.05 Å². The van der Waals surface area contributed by atoms with Crippen molar-refractivity contribution < 1.29 is 14.5 Å². The highest BCUT2D eigenvalue weighted by molar-refractivity contribution is 6.12. The Kier molecular flexibility index (Phi) is 3.35. The van der Waals surface area contributed by atoms with Gasteiger partial charge < -0.3 is 4.42 Å². The second kappa shape index (κ2) is 6.81. The number of aryl methyl sites for hydroxylation is 2. The number of hydrogen-bond donors (Lipinski definition) is 0. The quantitative estimate of drug-likeness (QED) is 0.258. The third-order valence-electron chi connectivity index (χ3n) is 7.26. The molecule has 0 saturated carbocycles. The lowest BCUT2D eigenvalue weighted by Gasteiger charge is -2.21. The van der Waals surface area contributed by atoms with Crippen LogP contribution in [-0.4, -0.2) is 0 Å². The van der Waals surface area contributed by atoms with Gasteiger partial charge in [0, 0.05) is 39.4 Å². The molecule has 0 N–H and O–H groups in total. The van der Waals surface area contributed by atoms with Crippen LogP contribution in [0.5, 0.6) is 0 Å². The molecule has 0 spiro atoms. The van der Waals surface area contributed by atoms with Crippen molar-refractivity contribution in [3.05, 3.63) is 89.1 Å². The highest BCUT2D eigenvalue weighted by Crippen LogP contribution is 2.53. The Morgan fingerprint density at radius 1 is 0.970 bits per heavy atom. The molecule has 33 heavy (non-hydrogen) atoms. The van der Waals surface area contributed by atoms with E-state index in [2.05, 4.69) is 35.8 Å². The van der Waals surface area contributed by atoms with Gasteiger partial charge in [0.2, 0.25) is 5.69 Å². The second-order valence-electron chi connectivity index (χ2n) is 9.68. The molecule has 6 rings (SSSR count). The molecule has 0 saturated heterocycles. The van der Waals surface area contributed by atoms with E-state index in [-0.39, 0.29) is 0 Å². The maximum atomic E-state index is 8.59. The molecule has 2 aromatic heterocycles. The van der Waals surface area contributed by atoms with Gasteiger partial charge in [-0.3, -0.25) is 0 Å². The predicted molar refractivity (Wildman–Crippen MR) is 137 cm³/mol. The number of benzene rings is 3. The molecule has 5 aromatic rings. The van der Waals surface area contributed by atoms with Gasteiger partial charge in [-0.25, -0.2) is 4.57 Å². The zero-order valence-electron chi connectivity index (χ0n) is 23.7. The van der Waals surface area contributed by atoms with E-state index in [1.54, 1.807) is 0 Å². The summed E-state index contributed by atoms with van der Waals surface area (Å²) in [6, 6.07) is 20.1. The Bertz CT molecular complexity index is 1740. The number of aromatic nitrogens is 1. The summed E-state index contributed by atoms with van der Waals surface area (Å²) in [5.74, 6) is -0.743. The Balaban J connectivity index is 1.73. The third-order valence-corrected chi connectivity index (χ3v) is 7.26. The van der Waals surface area contributed by atoms with E-state index in [1.807, 2.05) is 70.4 Å². The van der Waals surface area contributed by atoms with Crippen LogP contribution in [0.2, 0.25) is 0 Å². The molecule has 0 amide bonds. The molecule has 1 aliphatic rings.